The summed E-state index contributed by atoms with van der Waals surface area (Å²) in [6.45, 7) is 0. The molecule has 0 saturated carbocycles. The molecule has 0 aromatic heterocycles. The highest BCUT2D eigenvalue weighted by Crippen LogP contribution is 2.57. The molecule has 0 aliphatic carbocycles. The molecule has 0 radical (unpaired) electrons. The molecule has 0 aliphatic heterocycles. The molecule has 0 aromatic rings. The second kappa shape index (κ2) is 3.73. The number of rotatable bonds is 2. The standard InChI is InChI=1S/C4F8I2/c5-1(6,3(9,10)11)2(7,8)4(12,13)14. The van der Waals surface area contributed by atoms with E-state index < -0.39 is 19.7 Å². The molecular weight excluding hydrogens is 454 g/mol. The van der Waals surface area contributed by atoms with Crippen molar-refractivity contribution in [2.24, 2.45) is 0 Å². The van der Waals surface area contributed by atoms with Crippen LogP contribution in [0.5, 0.6) is 0 Å². The van der Waals surface area contributed by atoms with Gasteiger partial charge in [0.2, 0.25) is 0 Å². The van der Waals surface area contributed by atoms with Gasteiger partial charge >= 0.3 is 18.0 Å². The summed E-state index contributed by atoms with van der Waals surface area (Å²) in [5, 5.41) is 0. The minimum Gasteiger partial charge on any atom is -0.214 e. The van der Waals surface area contributed by atoms with Gasteiger partial charge in [-0.25, -0.2) is 4.39 Å². The lowest BCUT2D eigenvalue weighted by atomic mass is 10.2. The predicted octanol–water partition coefficient (Wildman–Crippen LogP) is 4.31. The van der Waals surface area contributed by atoms with Gasteiger partial charge in [-0.2, -0.15) is 30.7 Å². The Bertz CT molecular complexity index is 188. The molecule has 0 bridgehead atoms. The number of alkyl halides is 10. The molecule has 0 N–H and O–H groups in total. The van der Waals surface area contributed by atoms with Gasteiger partial charge in [0.15, 0.2) is 0 Å². The van der Waals surface area contributed by atoms with E-state index in [0.29, 0.717) is 0 Å². The Morgan fingerprint density at radius 3 is 0.929 bits per heavy atom. The predicted molar refractivity (Wildman–Crippen MR) is 47.8 cm³/mol. The van der Waals surface area contributed by atoms with E-state index in [0.717, 1.165) is 0 Å². The summed E-state index contributed by atoms with van der Waals surface area (Å²) in [6, 6.07) is 0. The quantitative estimate of drug-likeness (QED) is 0.332. The molecule has 0 spiro atoms. The van der Waals surface area contributed by atoms with Crippen LogP contribution in [-0.4, -0.2) is 19.7 Å². The zero-order chi connectivity index (χ0) is 12.0. The highest BCUT2D eigenvalue weighted by atomic mass is 127. The van der Waals surface area contributed by atoms with E-state index in [4.69, 9.17) is 0 Å². The van der Waals surface area contributed by atoms with Crippen LogP contribution in [-0.2, 0) is 0 Å². The third-order valence-electron chi connectivity index (χ3n) is 1.11. The van der Waals surface area contributed by atoms with Gasteiger partial charge in [0.1, 0.15) is 0 Å². The van der Waals surface area contributed by atoms with Crippen LogP contribution in [0.25, 0.3) is 0 Å². The lowest BCUT2D eigenvalue weighted by molar-refractivity contribution is -0.359. The van der Waals surface area contributed by atoms with Crippen molar-refractivity contribution in [1.82, 2.24) is 0 Å². The van der Waals surface area contributed by atoms with Crippen molar-refractivity contribution in [3.05, 3.63) is 0 Å². The molecule has 0 amide bonds. The number of hydrogen-bond acceptors (Lipinski definition) is 0. The Morgan fingerprint density at radius 2 is 0.857 bits per heavy atom. The third-order valence-corrected chi connectivity index (χ3v) is 2.46. The number of halogens is 10. The molecule has 10 heteroatoms. The Hall–Kier alpha value is 0.900. The van der Waals surface area contributed by atoms with E-state index in [-0.39, 0.29) is 45.2 Å². The van der Waals surface area contributed by atoms with Crippen molar-refractivity contribution in [3.63, 3.8) is 0 Å². The summed E-state index contributed by atoms with van der Waals surface area (Å²) in [6.07, 6.45) is -6.50. The van der Waals surface area contributed by atoms with Gasteiger partial charge in [-0.1, -0.05) is 0 Å². The third kappa shape index (κ3) is 2.35. The smallest absolute Gasteiger partial charge is 0.214 e. The van der Waals surface area contributed by atoms with Crippen molar-refractivity contribution in [3.8, 4) is 0 Å². The van der Waals surface area contributed by atoms with Crippen LogP contribution in [0.4, 0.5) is 35.1 Å². The van der Waals surface area contributed by atoms with Crippen molar-refractivity contribution < 1.29 is 35.1 Å². The Kier molecular flexibility index (Phi) is 3.97. The minimum absolute atomic E-state index is 0.175. The fourth-order valence-electron chi connectivity index (χ4n) is 0.356. The summed E-state index contributed by atoms with van der Waals surface area (Å²) in [5.41, 5.74) is 0. The lowest BCUT2D eigenvalue weighted by Gasteiger charge is -2.31. The maximum Gasteiger partial charge on any atom is 0.460 e. The SMILES string of the molecule is FC(F)(F)C(F)(F)C(F)(F)C(F)(I)I. The van der Waals surface area contributed by atoms with E-state index in [9.17, 15) is 35.1 Å². The van der Waals surface area contributed by atoms with Gasteiger partial charge in [-0.05, 0) is 45.2 Å². The van der Waals surface area contributed by atoms with Gasteiger partial charge in [0.05, 0.1) is 0 Å². The second-order valence-corrected chi connectivity index (χ2v) is 7.18. The van der Waals surface area contributed by atoms with Crippen molar-refractivity contribution in [1.29, 1.82) is 0 Å². The van der Waals surface area contributed by atoms with Crippen molar-refractivity contribution >= 4 is 45.2 Å². The molecule has 0 rings (SSSR count). The average molecular weight is 454 g/mol. The molecular formula is C4F8I2. The maximum absolute atomic E-state index is 12.4. The van der Waals surface area contributed by atoms with Crippen LogP contribution in [0.15, 0.2) is 0 Å². The molecule has 0 nitrogen and oxygen atoms in total. The highest BCUT2D eigenvalue weighted by molar-refractivity contribution is 14.2. The van der Waals surface area contributed by atoms with E-state index in [1.54, 1.807) is 0 Å². The molecule has 0 unspecified atom stereocenters. The Morgan fingerprint density at radius 1 is 0.571 bits per heavy atom. The summed E-state index contributed by atoms with van der Waals surface area (Å²) >= 11 is 0.349. The molecule has 0 saturated heterocycles. The first-order chi connectivity index (χ1) is 5.75. The zero-order valence-electron chi connectivity index (χ0n) is 5.78. The van der Waals surface area contributed by atoms with Crippen molar-refractivity contribution in [2.75, 3.05) is 0 Å². The molecule has 0 aliphatic rings. The van der Waals surface area contributed by atoms with Gasteiger partial charge < -0.3 is 0 Å². The largest absolute Gasteiger partial charge is 0.460 e. The van der Waals surface area contributed by atoms with Gasteiger partial charge in [-0.3, -0.25) is 0 Å². The van der Waals surface area contributed by atoms with Crippen LogP contribution in [0.2, 0.25) is 0 Å². The van der Waals surface area contributed by atoms with E-state index in [2.05, 4.69) is 0 Å². The maximum atomic E-state index is 12.4. The first kappa shape index (κ1) is 14.9. The zero-order valence-corrected chi connectivity index (χ0v) is 10.1. The van der Waals surface area contributed by atoms with E-state index >= 15 is 0 Å². The van der Waals surface area contributed by atoms with Crippen LogP contribution < -0.4 is 0 Å². The van der Waals surface area contributed by atoms with Crippen LogP contribution in [0, 0.1) is 0 Å². The van der Waals surface area contributed by atoms with E-state index in [1.165, 1.54) is 0 Å². The molecule has 0 fully saturated rings. The van der Waals surface area contributed by atoms with Gasteiger partial charge in [0.25, 0.3) is 1.68 Å². The molecule has 14 heavy (non-hydrogen) atoms. The summed E-state index contributed by atoms with van der Waals surface area (Å²) in [7, 11) is 0. The van der Waals surface area contributed by atoms with Crippen LogP contribution in [0.1, 0.15) is 0 Å². The molecule has 0 atom stereocenters. The summed E-state index contributed by atoms with van der Waals surface area (Å²) in [5.74, 6) is -12.2. The summed E-state index contributed by atoms with van der Waals surface area (Å²) < 4.78 is 91.6. The normalized spacial score (nSPS) is 15.9. The van der Waals surface area contributed by atoms with Crippen LogP contribution >= 0.6 is 45.2 Å². The first-order valence-corrected chi connectivity index (χ1v) is 4.80. The second-order valence-electron chi connectivity index (χ2n) is 2.14. The molecule has 0 aromatic carbocycles. The monoisotopic (exact) mass is 454 g/mol. The van der Waals surface area contributed by atoms with Crippen molar-refractivity contribution in [2.45, 2.75) is 19.7 Å². The minimum atomic E-state index is -6.50. The topological polar surface area (TPSA) is 0 Å². The Labute approximate surface area is 99.7 Å². The van der Waals surface area contributed by atoms with E-state index in [1.807, 2.05) is 0 Å². The fourth-order valence-corrected chi connectivity index (χ4v) is 1.03. The average Bonchev–Trinajstić information content (AvgIpc) is 1.81. The van der Waals surface area contributed by atoms with Crippen LogP contribution in [0.3, 0.4) is 0 Å². The summed E-state index contributed by atoms with van der Waals surface area (Å²) in [4.78, 5) is 0. The first-order valence-electron chi connectivity index (χ1n) is 2.64. The number of hydrogen-bond donors (Lipinski definition) is 0. The fraction of sp³-hybridized carbons (Fsp3) is 1.00. The Balaban J connectivity index is 5.30. The molecule has 0 heterocycles. The molecule has 86 valence electrons. The van der Waals surface area contributed by atoms with Gasteiger partial charge in [-0.15, -0.1) is 0 Å². The van der Waals surface area contributed by atoms with Gasteiger partial charge in [0, 0.05) is 0 Å². The lowest BCUT2D eigenvalue weighted by Crippen LogP contribution is -2.58. The highest BCUT2D eigenvalue weighted by Gasteiger charge is 2.79.